The lowest BCUT2D eigenvalue weighted by atomic mass is 10.1. The second kappa shape index (κ2) is 5.93. The van der Waals surface area contributed by atoms with E-state index in [-0.39, 0.29) is 30.3 Å². The van der Waals surface area contributed by atoms with Crippen LogP contribution in [0.4, 0.5) is 5.69 Å². The van der Waals surface area contributed by atoms with Crippen molar-refractivity contribution in [2.24, 2.45) is 0 Å². The molecule has 1 aliphatic heterocycles. The summed E-state index contributed by atoms with van der Waals surface area (Å²) in [5.41, 5.74) is 1.56. The SMILES string of the molecule is COC(=O)CC(Cl)Cc1ccc2c(c1)NC(=O)CO2. The van der Waals surface area contributed by atoms with Crippen LogP contribution in [-0.4, -0.2) is 31.0 Å². The standard InChI is InChI=1S/C13H14ClNO4/c1-18-13(17)6-9(14)4-8-2-3-11-10(5-8)15-12(16)7-19-11/h2-3,5,9H,4,6-7H2,1H3,(H,15,16). The average Bonchev–Trinajstić information content (AvgIpc) is 2.37. The predicted molar refractivity (Wildman–Crippen MR) is 70.5 cm³/mol. The molecule has 6 heteroatoms. The Balaban J connectivity index is 2.03. The Morgan fingerprint density at radius 2 is 2.37 bits per heavy atom. The first kappa shape index (κ1) is 13.7. The van der Waals surface area contributed by atoms with Gasteiger partial charge in [0.25, 0.3) is 5.91 Å². The van der Waals surface area contributed by atoms with E-state index >= 15 is 0 Å². The first-order chi connectivity index (χ1) is 9.08. The largest absolute Gasteiger partial charge is 0.482 e. The molecular formula is C13H14ClNO4. The summed E-state index contributed by atoms with van der Waals surface area (Å²) in [5, 5.41) is 2.38. The summed E-state index contributed by atoms with van der Waals surface area (Å²) in [6.45, 7) is 0.0345. The molecule has 1 unspecified atom stereocenters. The van der Waals surface area contributed by atoms with Gasteiger partial charge in [-0.05, 0) is 24.1 Å². The molecule has 1 heterocycles. The lowest BCUT2D eigenvalue weighted by molar-refractivity contribution is -0.140. The minimum absolute atomic E-state index is 0.0345. The number of ether oxygens (including phenoxy) is 2. The van der Waals surface area contributed by atoms with Gasteiger partial charge in [-0.2, -0.15) is 0 Å². The molecule has 0 fully saturated rings. The quantitative estimate of drug-likeness (QED) is 0.675. The van der Waals surface area contributed by atoms with Gasteiger partial charge in [-0.3, -0.25) is 9.59 Å². The van der Waals surface area contributed by atoms with Crippen LogP contribution in [0.3, 0.4) is 0 Å². The number of esters is 1. The van der Waals surface area contributed by atoms with Gasteiger partial charge in [0.1, 0.15) is 5.75 Å². The van der Waals surface area contributed by atoms with Gasteiger partial charge >= 0.3 is 5.97 Å². The molecule has 1 atom stereocenters. The molecule has 5 nitrogen and oxygen atoms in total. The van der Waals surface area contributed by atoms with Gasteiger partial charge in [-0.15, -0.1) is 11.6 Å². The molecule has 0 aliphatic carbocycles. The molecule has 0 radical (unpaired) electrons. The zero-order valence-electron chi connectivity index (χ0n) is 10.4. The molecule has 0 saturated carbocycles. The van der Waals surface area contributed by atoms with Gasteiger partial charge in [-0.25, -0.2) is 0 Å². The molecule has 2 rings (SSSR count). The van der Waals surface area contributed by atoms with E-state index in [9.17, 15) is 9.59 Å². The number of carbonyl (C=O) groups excluding carboxylic acids is 2. The molecule has 0 aromatic heterocycles. The minimum Gasteiger partial charge on any atom is -0.482 e. The van der Waals surface area contributed by atoms with Crippen molar-refractivity contribution in [3.8, 4) is 5.75 Å². The molecule has 0 saturated heterocycles. The Hall–Kier alpha value is -1.75. The van der Waals surface area contributed by atoms with Crippen LogP contribution in [0.2, 0.25) is 0 Å². The third-order valence-electron chi connectivity index (χ3n) is 2.75. The maximum absolute atomic E-state index is 11.2. The maximum Gasteiger partial charge on any atom is 0.307 e. The molecule has 1 aromatic rings. The van der Waals surface area contributed by atoms with Crippen LogP contribution in [0.1, 0.15) is 12.0 Å². The summed E-state index contributed by atoms with van der Waals surface area (Å²) in [5.74, 6) is 0.124. The van der Waals surface area contributed by atoms with Gasteiger partial charge in [0.05, 0.1) is 19.2 Å². The number of methoxy groups -OCH3 is 1. The number of alkyl halides is 1. The van der Waals surface area contributed by atoms with Gasteiger partial charge < -0.3 is 14.8 Å². The number of nitrogens with one attached hydrogen (secondary N) is 1. The normalized spacial score (nSPS) is 14.9. The van der Waals surface area contributed by atoms with Crippen molar-refractivity contribution in [2.75, 3.05) is 19.0 Å². The molecule has 102 valence electrons. The molecule has 1 aromatic carbocycles. The van der Waals surface area contributed by atoms with Crippen LogP contribution in [0.25, 0.3) is 0 Å². The van der Waals surface area contributed by atoms with Crippen LogP contribution in [-0.2, 0) is 20.7 Å². The molecule has 19 heavy (non-hydrogen) atoms. The molecule has 1 aliphatic rings. The van der Waals surface area contributed by atoms with E-state index in [0.29, 0.717) is 17.9 Å². The lowest BCUT2D eigenvalue weighted by Gasteiger charge is -2.19. The highest BCUT2D eigenvalue weighted by atomic mass is 35.5. The summed E-state index contributed by atoms with van der Waals surface area (Å²) in [6.07, 6.45) is 0.664. The summed E-state index contributed by atoms with van der Waals surface area (Å²) < 4.78 is 9.82. The van der Waals surface area contributed by atoms with Crippen LogP contribution in [0.5, 0.6) is 5.75 Å². The Labute approximate surface area is 115 Å². The number of amides is 1. The van der Waals surface area contributed by atoms with Gasteiger partial charge in [0, 0.05) is 5.38 Å². The van der Waals surface area contributed by atoms with E-state index in [1.54, 1.807) is 12.1 Å². The first-order valence-corrected chi connectivity index (χ1v) is 6.28. The molecule has 1 amide bonds. The summed E-state index contributed by atoms with van der Waals surface area (Å²) in [4.78, 5) is 22.3. The second-order valence-electron chi connectivity index (χ2n) is 4.25. The van der Waals surface area contributed by atoms with Crippen molar-refractivity contribution in [1.82, 2.24) is 0 Å². The monoisotopic (exact) mass is 283 g/mol. The topological polar surface area (TPSA) is 64.6 Å². The third kappa shape index (κ3) is 3.61. The van der Waals surface area contributed by atoms with E-state index in [1.165, 1.54) is 7.11 Å². The fraction of sp³-hybridized carbons (Fsp3) is 0.385. The van der Waals surface area contributed by atoms with E-state index in [0.717, 1.165) is 5.56 Å². The summed E-state index contributed by atoms with van der Waals surface area (Å²) in [6, 6.07) is 5.45. The van der Waals surface area contributed by atoms with Crippen LogP contribution in [0.15, 0.2) is 18.2 Å². The van der Waals surface area contributed by atoms with Gasteiger partial charge in [0.15, 0.2) is 6.61 Å². The number of rotatable bonds is 4. The van der Waals surface area contributed by atoms with E-state index in [1.807, 2.05) is 6.07 Å². The van der Waals surface area contributed by atoms with Crippen molar-refractivity contribution in [3.05, 3.63) is 23.8 Å². The zero-order valence-corrected chi connectivity index (χ0v) is 11.2. The van der Waals surface area contributed by atoms with E-state index in [4.69, 9.17) is 16.3 Å². The van der Waals surface area contributed by atoms with Crippen molar-refractivity contribution in [3.63, 3.8) is 0 Å². The second-order valence-corrected chi connectivity index (χ2v) is 4.87. The number of anilines is 1. The van der Waals surface area contributed by atoms with Crippen LogP contribution >= 0.6 is 11.6 Å². The first-order valence-electron chi connectivity index (χ1n) is 5.85. The molecule has 0 bridgehead atoms. The van der Waals surface area contributed by atoms with Crippen LogP contribution < -0.4 is 10.1 Å². The molecule has 1 N–H and O–H groups in total. The Morgan fingerprint density at radius 1 is 1.58 bits per heavy atom. The van der Waals surface area contributed by atoms with Crippen molar-refractivity contribution >= 4 is 29.2 Å². The zero-order chi connectivity index (χ0) is 13.8. The smallest absolute Gasteiger partial charge is 0.307 e. The maximum atomic E-state index is 11.2. The number of hydrogen-bond donors (Lipinski definition) is 1. The Morgan fingerprint density at radius 3 is 3.11 bits per heavy atom. The van der Waals surface area contributed by atoms with Crippen molar-refractivity contribution < 1.29 is 19.1 Å². The Kier molecular flexibility index (Phi) is 4.27. The highest BCUT2D eigenvalue weighted by molar-refractivity contribution is 6.21. The lowest BCUT2D eigenvalue weighted by Crippen LogP contribution is -2.25. The average molecular weight is 284 g/mol. The fourth-order valence-electron chi connectivity index (χ4n) is 1.85. The van der Waals surface area contributed by atoms with Crippen molar-refractivity contribution in [1.29, 1.82) is 0 Å². The third-order valence-corrected chi connectivity index (χ3v) is 3.06. The highest BCUT2D eigenvalue weighted by Crippen LogP contribution is 2.29. The van der Waals surface area contributed by atoms with Crippen molar-refractivity contribution in [2.45, 2.75) is 18.2 Å². The van der Waals surface area contributed by atoms with E-state index in [2.05, 4.69) is 10.1 Å². The van der Waals surface area contributed by atoms with Gasteiger partial charge in [0.2, 0.25) is 0 Å². The predicted octanol–water partition coefficient (Wildman–Crippen LogP) is 1.73. The molecular weight excluding hydrogens is 270 g/mol. The molecule has 0 spiro atoms. The number of halogens is 1. The summed E-state index contributed by atoms with van der Waals surface area (Å²) in [7, 11) is 1.33. The fourth-order valence-corrected chi connectivity index (χ4v) is 2.15. The minimum atomic E-state index is -0.342. The summed E-state index contributed by atoms with van der Waals surface area (Å²) >= 11 is 6.08. The number of fused-ring (bicyclic) bond motifs is 1. The highest BCUT2D eigenvalue weighted by Gasteiger charge is 2.17. The number of hydrogen-bond acceptors (Lipinski definition) is 4. The van der Waals surface area contributed by atoms with Gasteiger partial charge in [-0.1, -0.05) is 6.07 Å². The Bertz CT molecular complexity index is 503. The van der Waals surface area contributed by atoms with Crippen LogP contribution in [0, 0.1) is 0 Å². The van der Waals surface area contributed by atoms with E-state index < -0.39 is 0 Å². The number of carbonyl (C=O) groups is 2. The number of benzene rings is 1.